The Balaban J connectivity index is 2.41. The van der Waals surface area contributed by atoms with E-state index in [-0.39, 0.29) is 0 Å². The molecule has 0 amide bonds. The lowest BCUT2D eigenvalue weighted by atomic mass is 9.92. The summed E-state index contributed by atoms with van der Waals surface area (Å²) in [7, 11) is 0. The quantitative estimate of drug-likeness (QED) is 0.721. The Morgan fingerprint density at radius 1 is 1.31 bits per heavy atom. The van der Waals surface area contributed by atoms with Gasteiger partial charge in [-0.3, -0.25) is 0 Å². The van der Waals surface area contributed by atoms with Gasteiger partial charge in [-0.05, 0) is 44.1 Å². The van der Waals surface area contributed by atoms with Gasteiger partial charge in [0, 0.05) is 12.6 Å². The first kappa shape index (κ1) is 14.0. The van der Waals surface area contributed by atoms with E-state index in [2.05, 4.69) is 33.0 Å². The predicted molar refractivity (Wildman–Crippen MR) is 69.7 cm³/mol. The van der Waals surface area contributed by atoms with Gasteiger partial charge in [0.05, 0.1) is 6.10 Å². The first-order valence-electron chi connectivity index (χ1n) is 7.00. The molecule has 0 aromatic heterocycles. The smallest absolute Gasteiger partial charge is 0.0754 e. The standard InChI is InChI=1S/C14H29NO/c1-5-9-15-13(7-6-11(2)3)14-12(4)8-10-16-14/h11-15H,5-10H2,1-4H3. The third-order valence-electron chi connectivity index (χ3n) is 3.55. The summed E-state index contributed by atoms with van der Waals surface area (Å²) in [5.74, 6) is 1.52. The van der Waals surface area contributed by atoms with E-state index in [4.69, 9.17) is 4.74 Å². The van der Waals surface area contributed by atoms with Crippen LogP contribution in [0.1, 0.15) is 53.4 Å². The van der Waals surface area contributed by atoms with Gasteiger partial charge in [-0.15, -0.1) is 0 Å². The molecule has 16 heavy (non-hydrogen) atoms. The largest absolute Gasteiger partial charge is 0.376 e. The number of nitrogens with one attached hydrogen (secondary N) is 1. The molecule has 0 spiro atoms. The lowest BCUT2D eigenvalue weighted by molar-refractivity contribution is 0.0566. The average Bonchev–Trinajstić information content (AvgIpc) is 2.65. The van der Waals surface area contributed by atoms with E-state index in [9.17, 15) is 0 Å². The van der Waals surface area contributed by atoms with Gasteiger partial charge in [0.25, 0.3) is 0 Å². The Morgan fingerprint density at radius 2 is 2.06 bits per heavy atom. The monoisotopic (exact) mass is 227 g/mol. The van der Waals surface area contributed by atoms with Crippen LogP contribution < -0.4 is 5.32 Å². The van der Waals surface area contributed by atoms with Crippen LogP contribution in [0.5, 0.6) is 0 Å². The number of ether oxygens (including phenoxy) is 1. The van der Waals surface area contributed by atoms with Crippen LogP contribution in [0.25, 0.3) is 0 Å². The molecule has 96 valence electrons. The zero-order valence-electron chi connectivity index (χ0n) is 11.5. The molecule has 1 saturated heterocycles. The fourth-order valence-electron chi connectivity index (χ4n) is 2.46. The molecule has 0 aliphatic carbocycles. The molecular formula is C14H29NO. The number of hydrogen-bond donors (Lipinski definition) is 1. The van der Waals surface area contributed by atoms with E-state index in [1.165, 1.54) is 25.7 Å². The van der Waals surface area contributed by atoms with Crippen molar-refractivity contribution in [2.24, 2.45) is 11.8 Å². The van der Waals surface area contributed by atoms with Crippen molar-refractivity contribution in [3.8, 4) is 0 Å². The zero-order chi connectivity index (χ0) is 12.0. The molecule has 0 saturated carbocycles. The molecule has 1 heterocycles. The van der Waals surface area contributed by atoms with Gasteiger partial charge in [0.1, 0.15) is 0 Å². The molecule has 0 radical (unpaired) electrons. The minimum Gasteiger partial charge on any atom is -0.376 e. The fourth-order valence-corrected chi connectivity index (χ4v) is 2.46. The van der Waals surface area contributed by atoms with Crippen LogP contribution in [0.15, 0.2) is 0 Å². The molecule has 0 aromatic carbocycles. The van der Waals surface area contributed by atoms with Crippen LogP contribution in [0, 0.1) is 11.8 Å². The van der Waals surface area contributed by atoms with Gasteiger partial charge in [0.2, 0.25) is 0 Å². The van der Waals surface area contributed by atoms with Gasteiger partial charge in [-0.1, -0.05) is 27.7 Å². The van der Waals surface area contributed by atoms with Crippen molar-refractivity contribution in [2.45, 2.75) is 65.5 Å². The van der Waals surface area contributed by atoms with E-state index >= 15 is 0 Å². The van der Waals surface area contributed by atoms with E-state index in [1.54, 1.807) is 0 Å². The third-order valence-corrected chi connectivity index (χ3v) is 3.55. The first-order valence-corrected chi connectivity index (χ1v) is 7.00. The minimum absolute atomic E-state index is 0.449. The summed E-state index contributed by atoms with van der Waals surface area (Å²) in [6.45, 7) is 11.2. The van der Waals surface area contributed by atoms with Crippen molar-refractivity contribution in [3.05, 3.63) is 0 Å². The van der Waals surface area contributed by atoms with Crippen molar-refractivity contribution in [1.82, 2.24) is 5.32 Å². The molecule has 0 aromatic rings. The molecule has 1 rings (SSSR count). The minimum atomic E-state index is 0.449. The lowest BCUT2D eigenvalue weighted by Crippen LogP contribution is -2.42. The van der Waals surface area contributed by atoms with E-state index in [1.807, 2.05) is 0 Å². The van der Waals surface area contributed by atoms with E-state index < -0.39 is 0 Å². The van der Waals surface area contributed by atoms with Crippen LogP contribution in [-0.4, -0.2) is 25.3 Å². The summed E-state index contributed by atoms with van der Waals surface area (Å²) in [4.78, 5) is 0. The molecular weight excluding hydrogens is 198 g/mol. The Kier molecular flexibility index (Phi) is 6.37. The van der Waals surface area contributed by atoms with Gasteiger partial charge < -0.3 is 10.1 Å². The Bertz CT molecular complexity index is 182. The summed E-state index contributed by atoms with van der Waals surface area (Å²) in [5, 5.41) is 3.67. The highest BCUT2D eigenvalue weighted by Gasteiger charge is 2.31. The van der Waals surface area contributed by atoms with Gasteiger partial charge in [-0.25, -0.2) is 0 Å². The van der Waals surface area contributed by atoms with Crippen molar-refractivity contribution < 1.29 is 4.74 Å². The summed E-state index contributed by atoms with van der Waals surface area (Å²) >= 11 is 0. The van der Waals surface area contributed by atoms with Crippen LogP contribution in [0.2, 0.25) is 0 Å². The maximum atomic E-state index is 5.89. The second kappa shape index (κ2) is 7.29. The van der Waals surface area contributed by atoms with Crippen LogP contribution >= 0.6 is 0 Å². The summed E-state index contributed by atoms with van der Waals surface area (Å²) in [6, 6.07) is 0.569. The van der Waals surface area contributed by atoms with E-state index in [0.717, 1.165) is 25.0 Å². The highest BCUT2D eigenvalue weighted by atomic mass is 16.5. The van der Waals surface area contributed by atoms with E-state index in [0.29, 0.717) is 12.1 Å². The van der Waals surface area contributed by atoms with Gasteiger partial charge in [0.15, 0.2) is 0 Å². The third kappa shape index (κ3) is 4.42. The summed E-state index contributed by atoms with van der Waals surface area (Å²) < 4.78 is 5.89. The van der Waals surface area contributed by atoms with Crippen LogP contribution in [-0.2, 0) is 4.74 Å². The average molecular weight is 227 g/mol. The SMILES string of the molecule is CCCNC(CCC(C)C)C1OCCC1C. The fraction of sp³-hybridized carbons (Fsp3) is 1.00. The normalized spacial score (nSPS) is 27.6. The Labute approximate surface area is 101 Å². The molecule has 1 N–H and O–H groups in total. The predicted octanol–water partition coefficient (Wildman–Crippen LogP) is 3.22. The maximum absolute atomic E-state index is 5.89. The van der Waals surface area contributed by atoms with Crippen molar-refractivity contribution >= 4 is 0 Å². The van der Waals surface area contributed by atoms with Crippen molar-refractivity contribution in [3.63, 3.8) is 0 Å². The maximum Gasteiger partial charge on any atom is 0.0754 e. The summed E-state index contributed by atoms with van der Waals surface area (Å²) in [5.41, 5.74) is 0. The van der Waals surface area contributed by atoms with Crippen LogP contribution in [0.4, 0.5) is 0 Å². The Hall–Kier alpha value is -0.0800. The molecule has 3 unspecified atom stereocenters. The Morgan fingerprint density at radius 3 is 2.56 bits per heavy atom. The highest BCUT2D eigenvalue weighted by Crippen LogP contribution is 2.25. The highest BCUT2D eigenvalue weighted by molar-refractivity contribution is 4.85. The number of rotatable bonds is 7. The van der Waals surface area contributed by atoms with Gasteiger partial charge >= 0.3 is 0 Å². The topological polar surface area (TPSA) is 21.3 Å². The molecule has 1 aliphatic heterocycles. The van der Waals surface area contributed by atoms with Crippen molar-refractivity contribution in [1.29, 1.82) is 0 Å². The second-order valence-corrected chi connectivity index (χ2v) is 5.63. The molecule has 3 atom stereocenters. The zero-order valence-corrected chi connectivity index (χ0v) is 11.5. The summed E-state index contributed by atoms with van der Waals surface area (Å²) in [6.07, 6.45) is 5.45. The lowest BCUT2D eigenvalue weighted by Gasteiger charge is -2.27. The molecule has 1 fully saturated rings. The van der Waals surface area contributed by atoms with Crippen molar-refractivity contribution in [2.75, 3.05) is 13.2 Å². The number of hydrogen-bond acceptors (Lipinski definition) is 2. The molecule has 1 aliphatic rings. The van der Waals surface area contributed by atoms with Gasteiger partial charge in [-0.2, -0.15) is 0 Å². The molecule has 2 nitrogen and oxygen atoms in total. The molecule has 0 bridgehead atoms. The molecule has 2 heteroatoms. The van der Waals surface area contributed by atoms with Crippen LogP contribution in [0.3, 0.4) is 0 Å². The first-order chi connectivity index (χ1) is 7.65. The second-order valence-electron chi connectivity index (χ2n) is 5.63.